The molecule has 0 aliphatic carbocycles. The Bertz CT molecular complexity index is 691. The van der Waals surface area contributed by atoms with Crippen molar-refractivity contribution in [2.45, 2.75) is 6.18 Å². The van der Waals surface area contributed by atoms with Crippen molar-refractivity contribution in [2.24, 2.45) is 0 Å². The maximum atomic E-state index is 13.6. The molecule has 0 saturated heterocycles. The Balaban J connectivity index is 2.96. The van der Waals surface area contributed by atoms with Crippen molar-refractivity contribution in [3.8, 4) is 0 Å². The molecule has 0 unspecified atom stereocenters. The number of alkyl halides is 3. The zero-order valence-corrected chi connectivity index (χ0v) is 9.92. The Morgan fingerprint density at radius 2 is 1.78 bits per heavy atom. The van der Waals surface area contributed by atoms with Gasteiger partial charge in [0.1, 0.15) is 11.5 Å². The second kappa shape index (κ2) is 4.04. The van der Waals surface area contributed by atoms with E-state index in [9.17, 15) is 26.7 Å². The zero-order valence-electron chi connectivity index (χ0n) is 8.33. The van der Waals surface area contributed by atoms with Crippen LogP contribution in [0.1, 0.15) is 5.69 Å². The Kier molecular flexibility index (Phi) is 2.92. The predicted octanol–water partition coefficient (Wildman–Crippen LogP) is 3.59. The molecule has 8 heteroatoms. The van der Waals surface area contributed by atoms with Crippen LogP contribution in [0.25, 0.3) is 10.9 Å². The Morgan fingerprint density at radius 1 is 1.17 bits per heavy atom. The lowest BCUT2D eigenvalue weighted by molar-refractivity contribution is -0.141. The third kappa shape index (κ3) is 2.00. The van der Waals surface area contributed by atoms with E-state index in [-0.39, 0.29) is 10.5 Å². The van der Waals surface area contributed by atoms with Gasteiger partial charge in [0, 0.05) is 6.07 Å². The van der Waals surface area contributed by atoms with Crippen LogP contribution in [-0.2, 0) is 6.18 Å². The standard InChI is InChI=1S/C10H3BrF5NO/c11-3-1-4(12)9-7(8(3)13)5(18)2-6(17-9)10(14,15)16/h1-2H,(H,17,18). The van der Waals surface area contributed by atoms with Crippen LogP contribution in [0.2, 0.25) is 0 Å². The highest BCUT2D eigenvalue weighted by Gasteiger charge is 2.33. The maximum Gasteiger partial charge on any atom is 0.431 e. The van der Waals surface area contributed by atoms with Crippen LogP contribution in [0.5, 0.6) is 0 Å². The van der Waals surface area contributed by atoms with Gasteiger partial charge in [-0.2, -0.15) is 13.2 Å². The van der Waals surface area contributed by atoms with Crippen molar-refractivity contribution in [2.75, 3.05) is 0 Å². The number of pyridine rings is 1. The van der Waals surface area contributed by atoms with Gasteiger partial charge in [0.25, 0.3) is 0 Å². The number of hydrogen-bond acceptors (Lipinski definition) is 1. The maximum absolute atomic E-state index is 13.6. The van der Waals surface area contributed by atoms with Gasteiger partial charge in [0.05, 0.1) is 15.4 Å². The summed E-state index contributed by atoms with van der Waals surface area (Å²) < 4.78 is 63.9. The minimum Gasteiger partial charge on any atom is -0.348 e. The topological polar surface area (TPSA) is 32.9 Å². The van der Waals surface area contributed by atoms with Gasteiger partial charge in [0.2, 0.25) is 0 Å². The number of aromatic amines is 1. The van der Waals surface area contributed by atoms with E-state index in [1.165, 1.54) is 0 Å². The van der Waals surface area contributed by atoms with Crippen LogP contribution in [0.3, 0.4) is 0 Å². The normalized spacial score (nSPS) is 12.1. The highest BCUT2D eigenvalue weighted by molar-refractivity contribution is 9.10. The van der Waals surface area contributed by atoms with Crippen molar-refractivity contribution >= 4 is 26.8 Å². The second-order valence-electron chi connectivity index (χ2n) is 3.45. The quantitative estimate of drug-likeness (QED) is 0.582. The van der Waals surface area contributed by atoms with E-state index in [2.05, 4.69) is 15.9 Å². The molecule has 1 N–H and O–H groups in total. The molecular weight excluding hydrogens is 325 g/mol. The molecule has 1 heterocycles. The van der Waals surface area contributed by atoms with Gasteiger partial charge in [-0.25, -0.2) is 8.78 Å². The summed E-state index contributed by atoms with van der Waals surface area (Å²) >= 11 is 2.67. The van der Waals surface area contributed by atoms with Crippen LogP contribution >= 0.6 is 15.9 Å². The van der Waals surface area contributed by atoms with Gasteiger partial charge in [-0.3, -0.25) is 4.79 Å². The molecule has 0 aliphatic rings. The van der Waals surface area contributed by atoms with Crippen LogP contribution < -0.4 is 5.43 Å². The fraction of sp³-hybridized carbons (Fsp3) is 0.100. The van der Waals surface area contributed by atoms with Crippen molar-refractivity contribution in [3.63, 3.8) is 0 Å². The molecule has 18 heavy (non-hydrogen) atoms. The molecule has 0 bridgehead atoms. The second-order valence-corrected chi connectivity index (χ2v) is 4.30. The van der Waals surface area contributed by atoms with Crippen molar-refractivity contribution in [3.05, 3.63) is 44.2 Å². The largest absolute Gasteiger partial charge is 0.431 e. The van der Waals surface area contributed by atoms with E-state index in [4.69, 9.17) is 0 Å². The average Bonchev–Trinajstić information content (AvgIpc) is 2.24. The summed E-state index contributed by atoms with van der Waals surface area (Å²) in [4.78, 5) is 13.1. The first kappa shape index (κ1) is 13.0. The average molecular weight is 328 g/mol. The van der Waals surface area contributed by atoms with Gasteiger partial charge in [-0.1, -0.05) is 0 Å². The summed E-state index contributed by atoms with van der Waals surface area (Å²) in [6.07, 6.45) is -4.84. The number of benzene rings is 1. The molecule has 1 aromatic carbocycles. The van der Waals surface area contributed by atoms with Crippen LogP contribution in [-0.4, -0.2) is 4.98 Å². The first-order valence-electron chi connectivity index (χ1n) is 4.49. The summed E-state index contributed by atoms with van der Waals surface area (Å²) in [5, 5.41) is -0.755. The number of halogens is 6. The SMILES string of the molecule is O=c1cc(C(F)(F)F)[nH]c2c(F)cc(Br)c(F)c12. The molecule has 0 amide bonds. The molecule has 0 radical (unpaired) electrons. The summed E-state index contributed by atoms with van der Waals surface area (Å²) in [7, 11) is 0. The summed E-state index contributed by atoms with van der Waals surface area (Å²) in [5.41, 5.74) is -3.48. The molecular formula is C10H3BrF5NO. The van der Waals surface area contributed by atoms with E-state index >= 15 is 0 Å². The lowest BCUT2D eigenvalue weighted by Crippen LogP contribution is -2.15. The van der Waals surface area contributed by atoms with Crippen LogP contribution in [0, 0.1) is 11.6 Å². The number of H-pyrrole nitrogens is 1. The fourth-order valence-corrected chi connectivity index (χ4v) is 1.87. The molecule has 96 valence electrons. The highest BCUT2D eigenvalue weighted by Crippen LogP contribution is 2.30. The smallest absolute Gasteiger partial charge is 0.348 e. The number of aromatic nitrogens is 1. The van der Waals surface area contributed by atoms with Crippen molar-refractivity contribution < 1.29 is 22.0 Å². The van der Waals surface area contributed by atoms with Crippen molar-refractivity contribution in [1.29, 1.82) is 0 Å². The molecule has 2 aromatic rings. The van der Waals surface area contributed by atoms with Crippen LogP contribution in [0.4, 0.5) is 22.0 Å². The minimum atomic E-state index is -4.84. The number of nitrogens with one attached hydrogen (secondary N) is 1. The van der Waals surface area contributed by atoms with Gasteiger partial charge in [-0.15, -0.1) is 0 Å². The minimum absolute atomic E-state index is 0.192. The van der Waals surface area contributed by atoms with E-state index in [0.717, 1.165) is 0 Å². The summed E-state index contributed by atoms with van der Waals surface area (Å²) in [6.45, 7) is 0. The number of fused-ring (bicyclic) bond motifs is 1. The van der Waals surface area contributed by atoms with Gasteiger partial charge in [-0.05, 0) is 22.0 Å². The highest BCUT2D eigenvalue weighted by atomic mass is 79.9. The van der Waals surface area contributed by atoms with Crippen molar-refractivity contribution in [1.82, 2.24) is 4.98 Å². The van der Waals surface area contributed by atoms with Gasteiger partial charge < -0.3 is 4.98 Å². The molecule has 0 atom stereocenters. The molecule has 2 rings (SSSR count). The van der Waals surface area contributed by atoms with Crippen LogP contribution in [0.15, 0.2) is 21.4 Å². The molecule has 0 saturated carbocycles. The molecule has 0 fully saturated rings. The fourth-order valence-electron chi connectivity index (χ4n) is 1.48. The predicted molar refractivity (Wildman–Crippen MR) is 57.2 cm³/mol. The Hall–Kier alpha value is -1.44. The molecule has 2 nitrogen and oxygen atoms in total. The monoisotopic (exact) mass is 327 g/mol. The third-order valence-electron chi connectivity index (χ3n) is 2.26. The Morgan fingerprint density at radius 3 is 2.33 bits per heavy atom. The summed E-state index contributed by atoms with van der Waals surface area (Å²) in [6, 6.07) is 0.838. The van der Waals surface area contributed by atoms with E-state index in [0.29, 0.717) is 6.07 Å². The summed E-state index contributed by atoms with van der Waals surface area (Å²) in [5.74, 6) is -2.26. The first-order chi connectivity index (χ1) is 8.21. The number of hydrogen-bond donors (Lipinski definition) is 1. The third-order valence-corrected chi connectivity index (χ3v) is 2.84. The lowest BCUT2D eigenvalue weighted by Gasteiger charge is -2.09. The Labute approximate surface area is 105 Å². The molecule has 1 aromatic heterocycles. The molecule has 0 aliphatic heterocycles. The van der Waals surface area contributed by atoms with Gasteiger partial charge in [0.15, 0.2) is 11.2 Å². The molecule has 0 spiro atoms. The number of rotatable bonds is 0. The lowest BCUT2D eigenvalue weighted by atomic mass is 10.1. The van der Waals surface area contributed by atoms with Gasteiger partial charge >= 0.3 is 6.18 Å². The van der Waals surface area contributed by atoms with E-state index < -0.39 is 39.8 Å². The van der Waals surface area contributed by atoms with E-state index in [1.54, 1.807) is 4.98 Å². The zero-order chi connectivity index (χ0) is 13.7. The van der Waals surface area contributed by atoms with E-state index in [1.807, 2.05) is 0 Å². The first-order valence-corrected chi connectivity index (χ1v) is 5.29.